The Kier molecular flexibility index (Phi) is 1.64. The summed E-state index contributed by atoms with van der Waals surface area (Å²) < 4.78 is 0. The topological polar surface area (TPSA) is 0 Å². The van der Waals surface area contributed by atoms with Gasteiger partial charge in [0.25, 0.3) is 0 Å². The molecule has 0 radical (unpaired) electrons. The van der Waals surface area contributed by atoms with Gasteiger partial charge in [-0.05, 0) is 0 Å². The fraction of sp³-hybridized carbons (Fsp3) is 1.00. The zero-order valence-electron chi connectivity index (χ0n) is 6.98. The minimum atomic E-state index is -1.04. The molecule has 0 aliphatic carbocycles. The van der Waals surface area contributed by atoms with Crippen LogP contribution >= 0.6 is 6.60 Å². The van der Waals surface area contributed by atoms with Crippen molar-refractivity contribution in [2.45, 2.75) is 19.3 Å². The predicted molar refractivity (Wildman–Crippen MR) is 48.3 cm³/mol. The van der Waals surface area contributed by atoms with E-state index in [1.54, 1.807) is 12.3 Å². The average Bonchev–Trinajstić information content (AvgIpc) is 1.62. The molecule has 1 rings (SSSR count). The van der Waals surface area contributed by atoms with Crippen LogP contribution in [0.2, 0.25) is 0 Å². The van der Waals surface area contributed by atoms with Crippen LogP contribution in [0.3, 0.4) is 0 Å². The first-order chi connectivity index (χ1) is 3.97. The molecule has 1 fully saturated rings. The molecule has 0 aromatic heterocycles. The van der Waals surface area contributed by atoms with Gasteiger partial charge in [-0.2, -0.15) is 0 Å². The molecule has 1 heteroatoms. The number of rotatable bonds is 0. The molecule has 0 aromatic rings. The zero-order chi connectivity index (χ0) is 6.98. The average molecular weight is 146 g/mol. The second-order valence-corrected chi connectivity index (χ2v) is 12.8. The summed E-state index contributed by atoms with van der Waals surface area (Å²) in [6.07, 6.45) is 7.59. The van der Waals surface area contributed by atoms with E-state index >= 15 is 0 Å². The Morgan fingerprint density at radius 1 is 0.778 bits per heavy atom. The summed E-state index contributed by atoms with van der Waals surface area (Å²) in [4.78, 5) is 0. The van der Waals surface area contributed by atoms with Gasteiger partial charge in [0.05, 0.1) is 0 Å². The second-order valence-electron chi connectivity index (χ2n) is 4.97. The summed E-state index contributed by atoms with van der Waals surface area (Å²) in [6, 6.07) is 0. The van der Waals surface area contributed by atoms with Crippen LogP contribution in [-0.4, -0.2) is 32.3 Å². The first-order valence-electron chi connectivity index (χ1n) is 3.97. The minimum absolute atomic E-state index is 1.04. The van der Waals surface area contributed by atoms with Crippen LogP contribution < -0.4 is 0 Å². The fourth-order valence-electron chi connectivity index (χ4n) is 1.68. The Morgan fingerprint density at radius 3 is 1.44 bits per heavy atom. The van der Waals surface area contributed by atoms with Gasteiger partial charge in [-0.3, -0.25) is 0 Å². The van der Waals surface area contributed by atoms with E-state index in [2.05, 4.69) is 20.0 Å². The van der Waals surface area contributed by atoms with Gasteiger partial charge in [0.15, 0.2) is 0 Å². The predicted octanol–water partition coefficient (Wildman–Crippen LogP) is 2.61. The maximum absolute atomic E-state index is 2.53. The molecule has 1 aliphatic heterocycles. The van der Waals surface area contributed by atoms with Gasteiger partial charge in [-0.15, -0.1) is 0 Å². The van der Waals surface area contributed by atoms with Gasteiger partial charge in [-0.1, -0.05) is 0 Å². The molecule has 0 amide bonds. The molecule has 0 nitrogen and oxygen atoms in total. The maximum atomic E-state index is 2.53. The molecule has 0 N–H and O–H groups in total. The van der Waals surface area contributed by atoms with E-state index < -0.39 is 6.60 Å². The summed E-state index contributed by atoms with van der Waals surface area (Å²) in [5, 5.41) is 0. The van der Waals surface area contributed by atoms with Crippen molar-refractivity contribution in [1.29, 1.82) is 0 Å². The Labute approximate surface area is 59.0 Å². The second kappa shape index (κ2) is 1.95. The molecule has 0 aromatic carbocycles. The fourth-order valence-corrected chi connectivity index (χ4v) is 4.70. The molecule has 0 saturated carbocycles. The van der Waals surface area contributed by atoms with E-state index in [1.165, 1.54) is 19.3 Å². The van der Waals surface area contributed by atoms with E-state index in [1.807, 2.05) is 0 Å². The Bertz CT molecular complexity index is 97.5. The summed E-state index contributed by atoms with van der Waals surface area (Å²) in [5.41, 5.74) is 0. The van der Waals surface area contributed by atoms with E-state index in [0.717, 1.165) is 0 Å². The molecule has 1 saturated heterocycles. The van der Waals surface area contributed by atoms with Crippen molar-refractivity contribution in [2.75, 3.05) is 32.3 Å². The summed E-state index contributed by atoms with van der Waals surface area (Å²) in [7, 11) is 0. The van der Waals surface area contributed by atoms with Gasteiger partial charge in [0.2, 0.25) is 0 Å². The third-order valence-corrected chi connectivity index (χ3v) is 6.42. The standard InChI is InChI=1S/C8H19P/c1-9(2,3)7-5-4-6-8-9/h4-8H2,1-3H3. The van der Waals surface area contributed by atoms with E-state index in [4.69, 9.17) is 0 Å². The SMILES string of the molecule is CP1(C)(C)CCCCC1. The monoisotopic (exact) mass is 146 g/mol. The third kappa shape index (κ3) is 2.26. The van der Waals surface area contributed by atoms with Crippen LogP contribution in [0.5, 0.6) is 0 Å². The van der Waals surface area contributed by atoms with Gasteiger partial charge in [0.1, 0.15) is 0 Å². The van der Waals surface area contributed by atoms with Crippen LogP contribution in [0.15, 0.2) is 0 Å². The van der Waals surface area contributed by atoms with Crippen molar-refractivity contribution in [3.05, 3.63) is 0 Å². The quantitative estimate of drug-likeness (QED) is 0.461. The van der Waals surface area contributed by atoms with Gasteiger partial charge in [-0.25, -0.2) is 0 Å². The van der Waals surface area contributed by atoms with Crippen LogP contribution in [0.25, 0.3) is 0 Å². The Balaban J connectivity index is 2.58. The van der Waals surface area contributed by atoms with Crippen molar-refractivity contribution < 1.29 is 0 Å². The Hall–Kier alpha value is 0.430. The molecular weight excluding hydrogens is 127 g/mol. The first-order valence-corrected chi connectivity index (χ1v) is 7.92. The number of hydrogen-bond acceptors (Lipinski definition) is 0. The van der Waals surface area contributed by atoms with Crippen molar-refractivity contribution in [1.82, 2.24) is 0 Å². The Morgan fingerprint density at radius 2 is 1.22 bits per heavy atom. The van der Waals surface area contributed by atoms with Crippen molar-refractivity contribution in [3.63, 3.8) is 0 Å². The molecule has 0 atom stereocenters. The molecule has 9 heavy (non-hydrogen) atoms. The first kappa shape index (κ1) is 7.54. The third-order valence-electron chi connectivity index (χ3n) is 2.47. The van der Waals surface area contributed by atoms with Crippen molar-refractivity contribution in [2.24, 2.45) is 0 Å². The molecular formula is C8H19P. The van der Waals surface area contributed by atoms with Crippen LogP contribution in [0.1, 0.15) is 19.3 Å². The van der Waals surface area contributed by atoms with Gasteiger partial charge >= 0.3 is 58.2 Å². The molecule has 0 spiro atoms. The van der Waals surface area contributed by atoms with Gasteiger partial charge in [0, 0.05) is 0 Å². The normalized spacial score (nSPS) is 36.6. The van der Waals surface area contributed by atoms with Crippen molar-refractivity contribution >= 4 is 6.60 Å². The molecule has 1 aliphatic rings. The molecule has 1 heterocycles. The molecule has 0 bridgehead atoms. The zero-order valence-corrected chi connectivity index (χ0v) is 7.88. The van der Waals surface area contributed by atoms with E-state index in [0.29, 0.717) is 0 Å². The van der Waals surface area contributed by atoms with Crippen LogP contribution in [-0.2, 0) is 0 Å². The van der Waals surface area contributed by atoms with Crippen LogP contribution in [0.4, 0.5) is 0 Å². The molecule has 56 valence electrons. The van der Waals surface area contributed by atoms with E-state index in [-0.39, 0.29) is 0 Å². The van der Waals surface area contributed by atoms with Crippen molar-refractivity contribution in [3.8, 4) is 0 Å². The van der Waals surface area contributed by atoms with Crippen LogP contribution in [0, 0.1) is 0 Å². The number of hydrogen-bond donors (Lipinski definition) is 0. The van der Waals surface area contributed by atoms with E-state index in [9.17, 15) is 0 Å². The summed E-state index contributed by atoms with van der Waals surface area (Å²) in [6.45, 7) is 6.55. The van der Waals surface area contributed by atoms with Gasteiger partial charge < -0.3 is 0 Å². The summed E-state index contributed by atoms with van der Waals surface area (Å²) >= 11 is 0. The summed E-state index contributed by atoms with van der Waals surface area (Å²) in [5.74, 6) is 0. The molecule has 0 unspecified atom stereocenters.